The fourth-order valence-corrected chi connectivity index (χ4v) is 4.10. The summed E-state index contributed by atoms with van der Waals surface area (Å²) >= 11 is 5.88. The first-order valence-electron chi connectivity index (χ1n) is 10.4. The van der Waals surface area contributed by atoms with Gasteiger partial charge in [0.2, 0.25) is 0 Å². The predicted octanol–water partition coefficient (Wildman–Crippen LogP) is 4.36. The number of carbonyl (C=O) groups excluding carboxylic acids is 1. The Morgan fingerprint density at radius 1 is 1.19 bits per heavy atom. The molecule has 1 amide bonds. The Bertz CT molecular complexity index is 1140. The molecule has 0 unspecified atom stereocenters. The first kappa shape index (κ1) is 21.6. The number of pyridine rings is 2. The largest absolute Gasteiger partial charge is 0.371 e. The van der Waals surface area contributed by atoms with E-state index in [0.29, 0.717) is 28.1 Å². The molecule has 0 bridgehead atoms. The second-order valence-corrected chi connectivity index (χ2v) is 8.11. The summed E-state index contributed by atoms with van der Waals surface area (Å²) in [6.07, 6.45) is 5.06. The fraction of sp³-hybridized carbons (Fsp3) is 0.250. The molecule has 32 heavy (non-hydrogen) atoms. The molecule has 2 aromatic heterocycles. The Morgan fingerprint density at radius 3 is 2.69 bits per heavy atom. The van der Waals surface area contributed by atoms with Crippen molar-refractivity contribution < 1.29 is 4.79 Å². The summed E-state index contributed by atoms with van der Waals surface area (Å²) in [4.78, 5) is 25.6. The van der Waals surface area contributed by atoms with Crippen molar-refractivity contribution in [1.29, 1.82) is 5.26 Å². The lowest BCUT2D eigenvalue weighted by atomic mass is 10.0. The molecule has 1 aromatic carbocycles. The van der Waals surface area contributed by atoms with Gasteiger partial charge in [-0.05, 0) is 49.2 Å². The van der Waals surface area contributed by atoms with Gasteiger partial charge in [-0.3, -0.25) is 4.79 Å². The molecule has 0 spiro atoms. The van der Waals surface area contributed by atoms with Crippen LogP contribution in [0.2, 0.25) is 5.02 Å². The second kappa shape index (κ2) is 9.67. The summed E-state index contributed by atoms with van der Waals surface area (Å²) in [5.74, 6) is 0.250. The summed E-state index contributed by atoms with van der Waals surface area (Å²) in [5, 5.41) is 12.5. The highest BCUT2D eigenvalue weighted by molar-refractivity contribution is 6.30. The van der Waals surface area contributed by atoms with Crippen molar-refractivity contribution in [3.8, 4) is 6.07 Å². The van der Waals surface area contributed by atoms with Gasteiger partial charge in [0, 0.05) is 49.9 Å². The number of nitrogens with one attached hydrogen (secondary N) is 1. The molecule has 3 aromatic rings. The first-order valence-corrected chi connectivity index (χ1v) is 10.8. The van der Waals surface area contributed by atoms with Gasteiger partial charge in [-0.1, -0.05) is 23.7 Å². The van der Waals surface area contributed by atoms with E-state index in [0.717, 1.165) is 37.3 Å². The van der Waals surface area contributed by atoms with Gasteiger partial charge in [0.25, 0.3) is 5.91 Å². The maximum Gasteiger partial charge on any atom is 0.258 e. The minimum atomic E-state index is -0.208. The van der Waals surface area contributed by atoms with Crippen LogP contribution in [0.5, 0.6) is 0 Å². The van der Waals surface area contributed by atoms with Gasteiger partial charge in [0.1, 0.15) is 17.6 Å². The molecule has 1 aliphatic rings. The number of aromatic nitrogens is 2. The highest BCUT2D eigenvalue weighted by Gasteiger charge is 2.25. The van der Waals surface area contributed by atoms with Crippen LogP contribution >= 0.6 is 11.6 Å². The predicted molar refractivity (Wildman–Crippen MR) is 126 cm³/mol. The third-order valence-corrected chi connectivity index (χ3v) is 5.96. The quantitative estimate of drug-likeness (QED) is 0.626. The number of benzene rings is 1. The summed E-state index contributed by atoms with van der Waals surface area (Å²) in [5.41, 5.74) is 2.93. The van der Waals surface area contributed by atoms with Crippen LogP contribution in [0, 0.1) is 11.3 Å². The van der Waals surface area contributed by atoms with Crippen LogP contribution in [0.15, 0.2) is 60.9 Å². The van der Waals surface area contributed by atoms with E-state index in [4.69, 9.17) is 16.9 Å². The van der Waals surface area contributed by atoms with Crippen molar-refractivity contribution in [2.45, 2.75) is 18.9 Å². The second-order valence-electron chi connectivity index (χ2n) is 7.67. The molecule has 1 aliphatic heterocycles. The van der Waals surface area contributed by atoms with E-state index in [1.807, 2.05) is 43.4 Å². The summed E-state index contributed by atoms with van der Waals surface area (Å²) < 4.78 is 0. The lowest BCUT2D eigenvalue weighted by Crippen LogP contribution is -2.44. The van der Waals surface area contributed by atoms with Crippen LogP contribution in [0.3, 0.4) is 0 Å². The Kier molecular flexibility index (Phi) is 6.52. The lowest BCUT2D eigenvalue weighted by Gasteiger charge is -2.39. The SMILES string of the molecule is CN(c1ccccc1C(=O)Nc1ccc(Cl)cn1)C1CCN(c2ccnc(C#N)c2)CC1. The van der Waals surface area contributed by atoms with E-state index in [9.17, 15) is 4.79 Å². The Morgan fingerprint density at radius 2 is 1.97 bits per heavy atom. The van der Waals surface area contributed by atoms with Crippen LogP contribution in [0.1, 0.15) is 28.9 Å². The maximum atomic E-state index is 13.0. The molecular formula is C24H23ClN6O. The standard InChI is InChI=1S/C24H23ClN6O/c1-30(19-9-12-31(13-10-19)20-8-11-27-18(14-20)15-26)22-5-3-2-4-21(22)24(32)29-23-7-6-17(25)16-28-23/h2-8,11,14,16,19H,9-10,12-13H2,1H3,(H,28,29,32). The van der Waals surface area contributed by atoms with Crippen molar-refractivity contribution >= 4 is 34.7 Å². The van der Waals surface area contributed by atoms with Gasteiger partial charge >= 0.3 is 0 Å². The third-order valence-electron chi connectivity index (χ3n) is 5.73. The Balaban J connectivity index is 1.45. The minimum Gasteiger partial charge on any atom is -0.371 e. The molecule has 0 radical (unpaired) electrons. The Labute approximate surface area is 192 Å². The molecule has 0 atom stereocenters. The average Bonchev–Trinajstić information content (AvgIpc) is 2.85. The molecule has 1 saturated heterocycles. The number of nitrogens with zero attached hydrogens (tertiary/aromatic N) is 5. The maximum absolute atomic E-state index is 13.0. The highest BCUT2D eigenvalue weighted by atomic mass is 35.5. The first-order chi connectivity index (χ1) is 15.5. The van der Waals surface area contributed by atoms with Crippen molar-refractivity contribution in [1.82, 2.24) is 9.97 Å². The number of para-hydroxylation sites is 1. The van der Waals surface area contributed by atoms with Gasteiger partial charge in [-0.15, -0.1) is 0 Å². The zero-order valence-electron chi connectivity index (χ0n) is 17.7. The van der Waals surface area contributed by atoms with Crippen LogP contribution in [-0.4, -0.2) is 42.1 Å². The number of rotatable bonds is 5. The number of nitriles is 1. The summed E-state index contributed by atoms with van der Waals surface area (Å²) in [6, 6.07) is 17.1. The number of hydrogen-bond acceptors (Lipinski definition) is 6. The molecule has 4 rings (SSSR count). The van der Waals surface area contributed by atoms with Crippen molar-refractivity contribution in [2.75, 3.05) is 35.3 Å². The molecule has 1 fully saturated rings. The van der Waals surface area contributed by atoms with Gasteiger partial charge in [-0.25, -0.2) is 9.97 Å². The highest BCUT2D eigenvalue weighted by Crippen LogP contribution is 2.28. The normalized spacial score (nSPS) is 14.0. The number of hydrogen-bond donors (Lipinski definition) is 1. The van der Waals surface area contributed by atoms with E-state index in [2.05, 4.69) is 31.2 Å². The lowest BCUT2D eigenvalue weighted by molar-refractivity contribution is 0.102. The van der Waals surface area contributed by atoms with Gasteiger partial charge < -0.3 is 15.1 Å². The van der Waals surface area contributed by atoms with Crippen LogP contribution in [0.4, 0.5) is 17.2 Å². The fourth-order valence-electron chi connectivity index (χ4n) is 3.99. The van der Waals surface area contributed by atoms with E-state index in [1.54, 1.807) is 18.3 Å². The summed E-state index contributed by atoms with van der Waals surface area (Å²) in [6.45, 7) is 1.74. The number of amides is 1. The van der Waals surface area contributed by atoms with E-state index >= 15 is 0 Å². The summed E-state index contributed by atoms with van der Waals surface area (Å²) in [7, 11) is 2.03. The molecular weight excluding hydrogens is 424 g/mol. The zero-order chi connectivity index (χ0) is 22.5. The van der Waals surface area contributed by atoms with E-state index in [-0.39, 0.29) is 5.91 Å². The van der Waals surface area contributed by atoms with Crippen LogP contribution in [0.25, 0.3) is 0 Å². The molecule has 162 valence electrons. The number of carbonyl (C=O) groups is 1. The zero-order valence-corrected chi connectivity index (χ0v) is 18.5. The van der Waals surface area contributed by atoms with Gasteiger partial charge in [0.05, 0.1) is 10.6 Å². The number of anilines is 3. The van der Waals surface area contributed by atoms with Crippen molar-refractivity contribution in [3.63, 3.8) is 0 Å². The minimum absolute atomic E-state index is 0.208. The average molecular weight is 447 g/mol. The van der Waals surface area contributed by atoms with E-state index in [1.165, 1.54) is 6.20 Å². The molecule has 1 N–H and O–H groups in total. The van der Waals surface area contributed by atoms with E-state index < -0.39 is 0 Å². The smallest absolute Gasteiger partial charge is 0.258 e. The topological polar surface area (TPSA) is 85.2 Å². The molecule has 3 heterocycles. The third kappa shape index (κ3) is 4.82. The van der Waals surface area contributed by atoms with Crippen LogP contribution in [-0.2, 0) is 0 Å². The number of halogens is 1. The van der Waals surface area contributed by atoms with Gasteiger partial charge in [-0.2, -0.15) is 5.26 Å². The van der Waals surface area contributed by atoms with Crippen molar-refractivity contribution in [3.05, 3.63) is 77.2 Å². The molecule has 0 aliphatic carbocycles. The molecule has 0 saturated carbocycles. The molecule has 7 nitrogen and oxygen atoms in total. The monoisotopic (exact) mass is 446 g/mol. The number of piperidine rings is 1. The molecule has 8 heteroatoms. The van der Waals surface area contributed by atoms with Crippen molar-refractivity contribution in [2.24, 2.45) is 0 Å². The van der Waals surface area contributed by atoms with Gasteiger partial charge in [0.15, 0.2) is 0 Å². The van der Waals surface area contributed by atoms with Crippen LogP contribution < -0.4 is 15.1 Å². The Hall–Kier alpha value is -3.63.